The SMILES string of the molecule is CC12CCC(NC(=O)COCC(=O)NCCOCCOCCNC(=O)CCCCC3SCC4C3NC(=O)N4c3oc(CCC(=O)ON4C(=O)CCC4=O)nc3-c3ccccc3)CC1CCC1C2CC(O)C2(C)C(C3=CC(=O)OC3)CCC12O. The van der Waals surface area contributed by atoms with Crippen LogP contribution in [0.3, 0.4) is 0 Å². The summed E-state index contributed by atoms with van der Waals surface area (Å²) in [5.41, 5.74) is 0.184. The van der Waals surface area contributed by atoms with Gasteiger partial charge in [0.25, 0.3) is 11.8 Å². The van der Waals surface area contributed by atoms with E-state index in [0.717, 1.165) is 62.5 Å². The van der Waals surface area contributed by atoms with Crippen molar-refractivity contribution < 1.29 is 76.8 Å². The number of nitrogens with one attached hydrogen (secondary N) is 4. The summed E-state index contributed by atoms with van der Waals surface area (Å²) in [5, 5.41) is 36.9. The monoisotopic (exact) mass is 1170 g/mol. The summed E-state index contributed by atoms with van der Waals surface area (Å²) >= 11 is 1.76. The highest BCUT2D eigenvalue weighted by molar-refractivity contribution is 8.00. The molecule has 12 unspecified atom stereocenters. The van der Waals surface area contributed by atoms with Crippen LogP contribution in [0.1, 0.15) is 116 Å². The number of esters is 1. The van der Waals surface area contributed by atoms with E-state index in [4.69, 9.17) is 28.2 Å². The summed E-state index contributed by atoms with van der Waals surface area (Å²) in [4.78, 5) is 111. The molecule has 1 aromatic carbocycles. The molecular weight excluding hydrogens is 1090 g/mol. The number of ether oxygens (including phenoxy) is 4. The molecule has 83 heavy (non-hydrogen) atoms. The number of imide groups is 1. The number of aromatic nitrogens is 1. The molecule has 10 rings (SSSR count). The fraction of sp³-hybridized carbons (Fsp3) is 0.678. The number of aryl methyl sites for hydroxylation is 1. The second-order valence-electron chi connectivity index (χ2n) is 24.0. The number of hydroxylamine groups is 2. The maximum Gasteiger partial charge on any atom is 0.333 e. The van der Waals surface area contributed by atoms with Crippen LogP contribution in [0.25, 0.3) is 11.3 Å². The van der Waals surface area contributed by atoms with E-state index >= 15 is 0 Å². The fourth-order valence-electron chi connectivity index (χ4n) is 15.0. The minimum Gasteiger partial charge on any atom is -0.458 e. The lowest BCUT2D eigenvalue weighted by Gasteiger charge is -2.65. The number of aliphatic hydroxyl groups is 2. The van der Waals surface area contributed by atoms with Crippen LogP contribution in [0.15, 0.2) is 46.4 Å². The largest absolute Gasteiger partial charge is 0.458 e. The molecule has 2 aromatic rings. The number of cyclic esters (lactones) is 1. The Kier molecular flexibility index (Phi) is 19.0. The van der Waals surface area contributed by atoms with Crippen molar-refractivity contribution in [1.82, 2.24) is 31.3 Å². The summed E-state index contributed by atoms with van der Waals surface area (Å²) in [6.45, 7) is 5.81. The highest BCUT2D eigenvalue weighted by atomic mass is 32.2. The van der Waals surface area contributed by atoms with E-state index in [0.29, 0.717) is 74.5 Å². The first-order valence-electron chi connectivity index (χ1n) is 29.6. The number of amides is 7. The average Bonchev–Trinajstić information content (AvgIpc) is 2.49. The molecule has 5 heterocycles. The van der Waals surface area contributed by atoms with E-state index in [9.17, 15) is 48.6 Å². The van der Waals surface area contributed by atoms with Crippen LogP contribution in [0.5, 0.6) is 0 Å². The van der Waals surface area contributed by atoms with E-state index in [2.05, 4.69) is 33.2 Å². The highest BCUT2D eigenvalue weighted by Gasteiger charge is 2.71. The summed E-state index contributed by atoms with van der Waals surface area (Å²) in [6.07, 6.45) is 9.38. The van der Waals surface area contributed by atoms with Crippen molar-refractivity contribution in [3.8, 4) is 11.3 Å². The van der Waals surface area contributed by atoms with Gasteiger partial charge in [-0.1, -0.05) is 50.6 Å². The normalized spacial score (nSPS) is 31.6. The number of nitrogens with zero attached hydrogens (tertiary/aromatic N) is 3. The molecule has 12 atom stereocenters. The van der Waals surface area contributed by atoms with Crippen molar-refractivity contribution >= 4 is 65.2 Å². The number of fused-ring (bicyclic) bond motifs is 6. The number of carbonyl (C=O) groups is 8. The number of hydrogen-bond acceptors (Lipinski definition) is 18. The minimum absolute atomic E-state index is 0.00945. The van der Waals surface area contributed by atoms with Crippen LogP contribution in [-0.4, -0.2) is 168 Å². The average molecular weight is 1170 g/mol. The van der Waals surface area contributed by atoms with Crippen molar-refractivity contribution in [2.45, 2.75) is 152 Å². The lowest BCUT2D eigenvalue weighted by atomic mass is 9.42. The zero-order valence-electron chi connectivity index (χ0n) is 47.4. The predicted octanol–water partition coefficient (Wildman–Crippen LogP) is 3.82. The van der Waals surface area contributed by atoms with Crippen LogP contribution in [0.2, 0.25) is 0 Å². The van der Waals surface area contributed by atoms with E-state index in [1.54, 1.807) is 22.7 Å². The van der Waals surface area contributed by atoms with Crippen molar-refractivity contribution in [3.63, 3.8) is 0 Å². The Hall–Kier alpha value is -5.92. The number of thioether (sulfide) groups is 1. The molecule has 1 aromatic heterocycles. The van der Waals surface area contributed by atoms with Gasteiger partial charge in [-0.25, -0.2) is 19.4 Å². The first-order chi connectivity index (χ1) is 40.0. The molecule has 4 saturated carbocycles. The number of benzene rings is 1. The number of anilines is 1. The van der Waals surface area contributed by atoms with Gasteiger partial charge >= 0.3 is 18.0 Å². The lowest BCUT2D eigenvalue weighted by molar-refractivity contribution is -0.243. The van der Waals surface area contributed by atoms with Gasteiger partial charge in [-0.2, -0.15) is 11.8 Å². The highest BCUT2D eigenvalue weighted by Crippen LogP contribution is 2.70. The maximum atomic E-state index is 13.6. The Labute approximate surface area is 486 Å². The fourth-order valence-corrected chi connectivity index (χ4v) is 16.6. The second kappa shape index (κ2) is 26.1. The summed E-state index contributed by atoms with van der Waals surface area (Å²) < 4.78 is 28.0. The molecule has 8 aliphatic rings. The van der Waals surface area contributed by atoms with Gasteiger partial charge in [0.05, 0.1) is 56.6 Å². The van der Waals surface area contributed by atoms with E-state index in [1.807, 2.05) is 37.3 Å². The summed E-state index contributed by atoms with van der Waals surface area (Å²) in [7, 11) is 0. The van der Waals surface area contributed by atoms with Crippen molar-refractivity contribution in [2.75, 3.05) is 70.0 Å². The quantitative estimate of drug-likeness (QED) is 0.0338. The lowest BCUT2D eigenvalue weighted by Crippen LogP contribution is -2.67. The third-order valence-electron chi connectivity index (χ3n) is 19.4. The molecule has 0 radical (unpaired) electrons. The van der Waals surface area contributed by atoms with Crippen molar-refractivity contribution in [2.24, 2.45) is 34.5 Å². The number of oxazole rings is 1. The number of hydrogen-bond donors (Lipinski definition) is 6. The van der Waals surface area contributed by atoms with E-state index in [1.165, 1.54) is 0 Å². The standard InChI is InChI=1S/C59H79N7O16S/c1-57-20-18-38(29-37(57)12-13-40-41(57)30-44(67)58(2)39(19-21-59(40,58)76)36-28-52(74)80-31-36)62-47(70)33-79-32-46(69)61-23-25-78-27-26-77-24-22-60-45(68)11-7-6-10-43-54-42(34-83-43)65(56(75)64-54)55-53(35-8-4-3-5-9-35)63-48(81-55)14-17-51(73)82-66-49(71)15-16-50(66)72/h3-5,8-9,28,37-44,54,67,76H,6-7,10-27,29-34H2,1-2H3,(H,60,68)(H,61,69)(H,62,70)(H,64,75). The summed E-state index contributed by atoms with van der Waals surface area (Å²) in [6, 6.07) is 8.56. The molecule has 0 bridgehead atoms. The number of carbonyl (C=O) groups excluding carboxylic acids is 8. The van der Waals surface area contributed by atoms with Crippen LogP contribution in [0.4, 0.5) is 10.7 Å². The van der Waals surface area contributed by atoms with Gasteiger partial charge in [0, 0.05) is 72.9 Å². The van der Waals surface area contributed by atoms with Gasteiger partial charge < -0.3 is 59.7 Å². The maximum absolute atomic E-state index is 13.6. The Morgan fingerprint density at radius 3 is 2.31 bits per heavy atom. The van der Waals surface area contributed by atoms with Gasteiger partial charge in [-0.3, -0.25) is 28.9 Å². The van der Waals surface area contributed by atoms with Gasteiger partial charge in [0.1, 0.15) is 25.5 Å². The molecule has 4 aliphatic carbocycles. The van der Waals surface area contributed by atoms with Gasteiger partial charge in [-0.05, 0) is 98.9 Å². The third-order valence-corrected chi connectivity index (χ3v) is 20.8. The van der Waals surface area contributed by atoms with Crippen LogP contribution < -0.4 is 26.2 Å². The second-order valence-corrected chi connectivity index (χ2v) is 25.3. The number of rotatable bonds is 26. The molecule has 4 aliphatic heterocycles. The molecule has 7 amide bonds. The van der Waals surface area contributed by atoms with E-state index in [-0.39, 0.29) is 147 Å². The predicted molar refractivity (Wildman–Crippen MR) is 298 cm³/mol. The van der Waals surface area contributed by atoms with Crippen LogP contribution in [0, 0.1) is 34.5 Å². The third kappa shape index (κ3) is 12.9. The van der Waals surface area contributed by atoms with Crippen molar-refractivity contribution in [1.29, 1.82) is 0 Å². The first-order valence-corrected chi connectivity index (χ1v) is 30.7. The smallest absolute Gasteiger partial charge is 0.333 e. The Morgan fingerprint density at radius 2 is 1.58 bits per heavy atom. The van der Waals surface area contributed by atoms with Gasteiger partial charge in [0.15, 0.2) is 5.89 Å². The molecule has 3 saturated heterocycles. The number of urea groups is 1. The molecule has 0 spiro atoms. The Morgan fingerprint density at radius 1 is 0.843 bits per heavy atom. The first kappa shape index (κ1) is 60.2. The molecule has 452 valence electrons. The van der Waals surface area contributed by atoms with Gasteiger partial charge in [0.2, 0.25) is 23.6 Å². The Balaban J connectivity index is 0.544. The van der Waals surface area contributed by atoms with Crippen LogP contribution in [-0.2, 0) is 63.8 Å². The summed E-state index contributed by atoms with van der Waals surface area (Å²) in [5.74, 6) is -1.44. The number of unbranched alkanes of at least 4 members (excludes halogenated alkanes) is 1. The molecule has 6 N–H and O–H groups in total. The zero-order chi connectivity index (χ0) is 58.5. The van der Waals surface area contributed by atoms with Crippen molar-refractivity contribution in [3.05, 3.63) is 47.9 Å². The minimum atomic E-state index is -1.04. The molecule has 7 fully saturated rings. The number of aliphatic hydroxyl groups excluding tert-OH is 1. The molecular formula is C59H79N7O16S. The molecule has 23 nitrogen and oxygen atoms in total. The topological polar surface area (TPSA) is 304 Å². The van der Waals surface area contributed by atoms with Gasteiger partial charge in [-0.15, -0.1) is 5.06 Å². The van der Waals surface area contributed by atoms with E-state index < -0.39 is 34.9 Å². The zero-order valence-corrected chi connectivity index (χ0v) is 48.2. The molecule has 24 heteroatoms. The van der Waals surface area contributed by atoms with Crippen LogP contribution >= 0.6 is 11.8 Å². The Bertz CT molecular complexity index is 2770.